The maximum absolute atomic E-state index is 8.78. The van der Waals surface area contributed by atoms with Crippen molar-refractivity contribution in [3.8, 4) is 6.07 Å². The first kappa shape index (κ1) is 13.9. The molecule has 1 heterocycles. The monoisotopic (exact) mass is 266 g/mol. The molecule has 0 fully saturated rings. The number of benzene rings is 1. The van der Waals surface area contributed by atoms with Crippen molar-refractivity contribution >= 4 is 11.4 Å². The average Bonchev–Trinajstić information content (AvgIpc) is 2.48. The van der Waals surface area contributed by atoms with E-state index in [1.165, 1.54) is 5.56 Å². The fourth-order valence-electron chi connectivity index (χ4n) is 2.09. The van der Waals surface area contributed by atoms with Gasteiger partial charge in [-0.2, -0.15) is 5.26 Å². The maximum Gasteiger partial charge on any atom is 0.0670 e. The highest BCUT2D eigenvalue weighted by molar-refractivity contribution is 5.58. The summed E-state index contributed by atoms with van der Waals surface area (Å²) in [5.41, 5.74) is 10.6. The van der Waals surface area contributed by atoms with E-state index < -0.39 is 0 Å². The second-order valence-corrected chi connectivity index (χ2v) is 4.56. The van der Waals surface area contributed by atoms with Crippen molar-refractivity contribution in [2.75, 3.05) is 11.1 Å². The number of aryl methyl sites for hydroxylation is 1. The van der Waals surface area contributed by atoms with Gasteiger partial charge in [0.25, 0.3) is 0 Å². The zero-order valence-corrected chi connectivity index (χ0v) is 11.6. The number of nitrogen functional groups attached to an aromatic ring is 1. The zero-order valence-electron chi connectivity index (χ0n) is 11.6. The third-order valence-corrected chi connectivity index (χ3v) is 3.24. The Morgan fingerprint density at radius 2 is 2.15 bits per heavy atom. The number of anilines is 2. The fourth-order valence-corrected chi connectivity index (χ4v) is 2.09. The van der Waals surface area contributed by atoms with Gasteiger partial charge in [0.2, 0.25) is 0 Å². The van der Waals surface area contributed by atoms with Gasteiger partial charge in [-0.05, 0) is 41.8 Å². The van der Waals surface area contributed by atoms with Crippen molar-refractivity contribution in [2.24, 2.45) is 0 Å². The summed E-state index contributed by atoms with van der Waals surface area (Å²) in [6.45, 7) is 2.79. The third-order valence-electron chi connectivity index (χ3n) is 3.24. The highest BCUT2D eigenvalue weighted by atomic mass is 14.9. The summed E-state index contributed by atoms with van der Waals surface area (Å²) in [4.78, 5) is 4.40. The van der Waals surface area contributed by atoms with Gasteiger partial charge in [-0.3, -0.25) is 4.98 Å². The largest absolute Gasteiger partial charge is 0.398 e. The molecular weight excluding hydrogens is 248 g/mol. The van der Waals surface area contributed by atoms with Crippen molar-refractivity contribution in [2.45, 2.75) is 26.3 Å². The first-order chi connectivity index (χ1) is 9.74. The summed E-state index contributed by atoms with van der Waals surface area (Å²) in [7, 11) is 0. The molecule has 1 aromatic heterocycles. The average molecular weight is 266 g/mol. The van der Waals surface area contributed by atoms with Gasteiger partial charge < -0.3 is 11.1 Å². The Hall–Kier alpha value is -2.54. The predicted octanol–water partition coefficient (Wildman–Crippen LogP) is 2.90. The highest BCUT2D eigenvalue weighted by Gasteiger charge is 2.03. The smallest absolute Gasteiger partial charge is 0.0670 e. The molecule has 4 heteroatoms. The molecule has 0 aliphatic heterocycles. The van der Waals surface area contributed by atoms with E-state index in [2.05, 4.69) is 29.4 Å². The SMILES string of the molecule is CCc1cccnc1CNc1ccc(N)c(CC#N)c1. The van der Waals surface area contributed by atoms with Crippen molar-refractivity contribution in [1.29, 1.82) is 5.26 Å². The molecule has 4 nitrogen and oxygen atoms in total. The van der Waals surface area contributed by atoms with E-state index in [0.29, 0.717) is 18.7 Å². The second-order valence-electron chi connectivity index (χ2n) is 4.56. The molecule has 1 aromatic carbocycles. The van der Waals surface area contributed by atoms with Gasteiger partial charge in [0.15, 0.2) is 0 Å². The summed E-state index contributed by atoms with van der Waals surface area (Å²) in [5.74, 6) is 0. The van der Waals surface area contributed by atoms with Gasteiger partial charge in [-0.1, -0.05) is 13.0 Å². The number of hydrogen-bond donors (Lipinski definition) is 2. The molecule has 20 heavy (non-hydrogen) atoms. The standard InChI is InChI=1S/C16H18N4/c1-2-12-4-3-9-19-16(12)11-20-14-5-6-15(18)13(10-14)7-8-17/h3-6,9-10,20H,2,7,11,18H2,1H3. The zero-order chi connectivity index (χ0) is 14.4. The third kappa shape index (κ3) is 3.27. The van der Waals surface area contributed by atoms with Crippen LogP contribution in [-0.4, -0.2) is 4.98 Å². The van der Waals surface area contributed by atoms with E-state index in [1.54, 1.807) is 6.20 Å². The Morgan fingerprint density at radius 1 is 1.30 bits per heavy atom. The number of rotatable bonds is 5. The van der Waals surface area contributed by atoms with Crippen LogP contribution < -0.4 is 11.1 Å². The summed E-state index contributed by atoms with van der Waals surface area (Å²) >= 11 is 0. The Bertz CT molecular complexity index is 629. The first-order valence-corrected chi connectivity index (χ1v) is 6.66. The number of nitrogens with one attached hydrogen (secondary N) is 1. The molecule has 0 bridgehead atoms. The molecule has 0 unspecified atom stereocenters. The molecule has 102 valence electrons. The van der Waals surface area contributed by atoms with Crippen molar-refractivity contribution in [3.63, 3.8) is 0 Å². The van der Waals surface area contributed by atoms with Crippen LogP contribution >= 0.6 is 0 Å². The Kier molecular flexibility index (Phi) is 4.56. The van der Waals surface area contributed by atoms with Crippen LogP contribution in [0.4, 0.5) is 11.4 Å². The number of hydrogen-bond acceptors (Lipinski definition) is 4. The molecule has 2 aromatic rings. The van der Waals surface area contributed by atoms with E-state index in [4.69, 9.17) is 11.0 Å². The molecule has 2 rings (SSSR count). The molecule has 0 radical (unpaired) electrons. The molecule has 0 aliphatic carbocycles. The lowest BCUT2D eigenvalue weighted by atomic mass is 10.1. The lowest BCUT2D eigenvalue weighted by molar-refractivity contribution is 0.971. The van der Waals surface area contributed by atoms with Crippen LogP contribution in [0, 0.1) is 11.3 Å². The summed E-state index contributed by atoms with van der Waals surface area (Å²) in [6.07, 6.45) is 3.09. The van der Waals surface area contributed by atoms with E-state index in [-0.39, 0.29) is 0 Å². The molecule has 0 aliphatic rings. The minimum Gasteiger partial charge on any atom is -0.398 e. The lowest BCUT2D eigenvalue weighted by Crippen LogP contribution is -2.05. The van der Waals surface area contributed by atoms with E-state index in [9.17, 15) is 0 Å². The fraction of sp³-hybridized carbons (Fsp3) is 0.250. The number of nitrogens with zero attached hydrogens (tertiary/aromatic N) is 2. The summed E-state index contributed by atoms with van der Waals surface area (Å²) in [6, 6.07) is 11.8. The van der Waals surface area contributed by atoms with E-state index >= 15 is 0 Å². The minimum atomic E-state index is 0.325. The van der Waals surface area contributed by atoms with Crippen LogP contribution in [0.25, 0.3) is 0 Å². The topological polar surface area (TPSA) is 74.7 Å². The quantitative estimate of drug-likeness (QED) is 0.816. The predicted molar refractivity (Wildman–Crippen MR) is 81.1 cm³/mol. The summed E-state index contributed by atoms with van der Waals surface area (Å²) < 4.78 is 0. The van der Waals surface area contributed by atoms with Crippen LogP contribution in [0.1, 0.15) is 23.7 Å². The maximum atomic E-state index is 8.78. The Morgan fingerprint density at radius 3 is 2.90 bits per heavy atom. The first-order valence-electron chi connectivity index (χ1n) is 6.66. The van der Waals surface area contributed by atoms with E-state index in [1.807, 2.05) is 24.3 Å². The van der Waals surface area contributed by atoms with Gasteiger partial charge >= 0.3 is 0 Å². The van der Waals surface area contributed by atoms with Crippen molar-refractivity contribution in [1.82, 2.24) is 4.98 Å². The van der Waals surface area contributed by atoms with Gasteiger partial charge in [0.05, 0.1) is 24.7 Å². The molecular formula is C16H18N4. The van der Waals surface area contributed by atoms with Crippen molar-refractivity contribution in [3.05, 3.63) is 53.3 Å². The molecule has 0 atom stereocenters. The summed E-state index contributed by atoms with van der Waals surface area (Å²) in [5, 5.41) is 12.1. The van der Waals surface area contributed by atoms with Gasteiger partial charge in [-0.25, -0.2) is 0 Å². The molecule has 0 saturated carbocycles. The van der Waals surface area contributed by atoms with Gasteiger partial charge in [0.1, 0.15) is 0 Å². The molecule has 0 saturated heterocycles. The number of pyridine rings is 1. The molecule has 0 amide bonds. The molecule has 0 spiro atoms. The Balaban J connectivity index is 2.11. The van der Waals surface area contributed by atoms with Gasteiger partial charge in [0, 0.05) is 17.6 Å². The van der Waals surface area contributed by atoms with Crippen LogP contribution in [0.3, 0.4) is 0 Å². The molecule has 3 N–H and O–H groups in total. The second kappa shape index (κ2) is 6.58. The van der Waals surface area contributed by atoms with Crippen molar-refractivity contribution < 1.29 is 0 Å². The van der Waals surface area contributed by atoms with Crippen LogP contribution in [-0.2, 0) is 19.4 Å². The normalized spacial score (nSPS) is 10.0. The van der Waals surface area contributed by atoms with Crippen LogP contribution in [0.2, 0.25) is 0 Å². The number of nitrogens with two attached hydrogens (primary N) is 1. The van der Waals surface area contributed by atoms with Gasteiger partial charge in [-0.15, -0.1) is 0 Å². The number of nitriles is 1. The highest BCUT2D eigenvalue weighted by Crippen LogP contribution is 2.19. The van der Waals surface area contributed by atoms with E-state index in [0.717, 1.165) is 23.4 Å². The minimum absolute atomic E-state index is 0.325. The lowest BCUT2D eigenvalue weighted by Gasteiger charge is -2.11. The van der Waals surface area contributed by atoms with Crippen LogP contribution in [0.5, 0.6) is 0 Å². The Labute approximate surface area is 119 Å². The number of aromatic nitrogens is 1. The van der Waals surface area contributed by atoms with Crippen LogP contribution in [0.15, 0.2) is 36.5 Å².